The van der Waals surface area contributed by atoms with Crippen LogP contribution in [-0.4, -0.2) is 34.0 Å². The van der Waals surface area contributed by atoms with Crippen LogP contribution in [0.3, 0.4) is 0 Å². The van der Waals surface area contributed by atoms with E-state index in [0.29, 0.717) is 13.2 Å². The summed E-state index contributed by atoms with van der Waals surface area (Å²) in [6.07, 6.45) is 1.71. The summed E-state index contributed by atoms with van der Waals surface area (Å²) in [7, 11) is 3.32. The molecule has 1 aromatic carbocycles. The van der Waals surface area contributed by atoms with E-state index in [2.05, 4.69) is 11.9 Å². The molecule has 4 nitrogen and oxygen atoms in total. The summed E-state index contributed by atoms with van der Waals surface area (Å²) in [4.78, 5) is 0. The lowest BCUT2D eigenvalue weighted by Gasteiger charge is -2.11. The zero-order chi connectivity index (χ0) is 13.2. The van der Waals surface area contributed by atoms with E-state index >= 15 is 0 Å². The Labute approximate surface area is 109 Å². The maximum atomic E-state index is 5.55. The molecule has 0 amide bonds. The number of rotatable bonds is 9. The predicted molar refractivity (Wildman–Crippen MR) is 72.3 cm³/mol. The molecule has 0 aromatic heterocycles. The molecule has 0 radical (unpaired) electrons. The van der Waals surface area contributed by atoms with Gasteiger partial charge in [0.2, 0.25) is 0 Å². The minimum Gasteiger partial charge on any atom is -0.493 e. The molecule has 1 rings (SSSR count). The van der Waals surface area contributed by atoms with Gasteiger partial charge in [-0.3, -0.25) is 0 Å². The zero-order valence-electron chi connectivity index (χ0n) is 11.1. The monoisotopic (exact) mass is 251 g/mol. The fourth-order valence-electron chi connectivity index (χ4n) is 1.50. The van der Waals surface area contributed by atoms with E-state index in [0.717, 1.165) is 30.2 Å². The van der Waals surface area contributed by atoms with E-state index in [1.165, 1.54) is 0 Å². The summed E-state index contributed by atoms with van der Waals surface area (Å²) in [6, 6.07) is 5.90. The van der Waals surface area contributed by atoms with Crippen molar-refractivity contribution in [2.24, 2.45) is 0 Å². The van der Waals surface area contributed by atoms with Crippen molar-refractivity contribution < 1.29 is 14.2 Å². The molecule has 0 saturated heterocycles. The smallest absolute Gasteiger partial charge is 0.161 e. The van der Waals surface area contributed by atoms with Gasteiger partial charge in [-0.25, -0.2) is 0 Å². The van der Waals surface area contributed by atoms with Crippen molar-refractivity contribution in [3.05, 3.63) is 36.4 Å². The predicted octanol–water partition coefficient (Wildman–Crippen LogP) is 2.00. The van der Waals surface area contributed by atoms with Crippen molar-refractivity contribution in [2.45, 2.75) is 6.54 Å². The van der Waals surface area contributed by atoms with Crippen molar-refractivity contribution in [3.63, 3.8) is 0 Å². The highest BCUT2D eigenvalue weighted by Crippen LogP contribution is 2.27. The molecule has 1 N–H and O–H groups in total. The molecule has 0 atom stereocenters. The van der Waals surface area contributed by atoms with Gasteiger partial charge < -0.3 is 19.5 Å². The van der Waals surface area contributed by atoms with E-state index in [1.807, 2.05) is 18.2 Å². The molecule has 0 spiro atoms. The summed E-state index contributed by atoms with van der Waals surface area (Å²) < 4.78 is 15.8. The van der Waals surface area contributed by atoms with E-state index in [9.17, 15) is 0 Å². The molecule has 0 aliphatic rings. The maximum absolute atomic E-state index is 5.55. The number of hydrogen-bond acceptors (Lipinski definition) is 4. The Bertz CT molecular complexity index is 366. The van der Waals surface area contributed by atoms with Crippen LogP contribution in [0, 0.1) is 0 Å². The third-order valence-electron chi connectivity index (χ3n) is 2.40. The van der Waals surface area contributed by atoms with Gasteiger partial charge in [-0.05, 0) is 17.7 Å². The highest BCUT2D eigenvalue weighted by molar-refractivity contribution is 5.43. The molecule has 0 aliphatic heterocycles. The molecule has 0 aliphatic carbocycles. The molecular formula is C14H21NO3. The first-order chi connectivity index (χ1) is 8.81. The second-order valence-corrected chi connectivity index (χ2v) is 3.75. The van der Waals surface area contributed by atoms with Crippen LogP contribution in [0.25, 0.3) is 0 Å². The van der Waals surface area contributed by atoms with Gasteiger partial charge in [-0.15, -0.1) is 0 Å². The standard InChI is InChI=1S/C14H21NO3/c1-4-8-18-14-10-12(5-6-13(14)17-3)11-15-7-9-16-2/h4-6,10,15H,1,7-9,11H2,2-3H3. The van der Waals surface area contributed by atoms with E-state index < -0.39 is 0 Å². The number of methoxy groups -OCH3 is 2. The first-order valence-electron chi connectivity index (χ1n) is 5.92. The van der Waals surface area contributed by atoms with Crippen LogP contribution >= 0.6 is 0 Å². The minimum absolute atomic E-state index is 0.469. The van der Waals surface area contributed by atoms with Crippen molar-refractivity contribution in [2.75, 3.05) is 34.0 Å². The van der Waals surface area contributed by atoms with Gasteiger partial charge in [0, 0.05) is 20.2 Å². The summed E-state index contributed by atoms with van der Waals surface area (Å²) in [5.41, 5.74) is 1.14. The van der Waals surface area contributed by atoms with Gasteiger partial charge in [0.05, 0.1) is 13.7 Å². The zero-order valence-corrected chi connectivity index (χ0v) is 11.1. The van der Waals surface area contributed by atoms with E-state index in [1.54, 1.807) is 20.3 Å². The quantitative estimate of drug-likeness (QED) is 0.538. The Morgan fingerprint density at radius 1 is 1.28 bits per heavy atom. The molecular weight excluding hydrogens is 230 g/mol. The van der Waals surface area contributed by atoms with Crippen molar-refractivity contribution in [1.82, 2.24) is 5.32 Å². The fraction of sp³-hybridized carbons (Fsp3) is 0.429. The van der Waals surface area contributed by atoms with Gasteiger partial charge >= 0.3 is 0 Å². The lowest BCUT2D eigenvalue weighted by atomic mass is 10.2. The van der Waals surface area contributed by atoms with Gasteiger partial charge in [-0.1, -0.05) is 18.7 Å². The Balaban J connectivity index is 2.60. The summed E-state index contributed by atoms with van der Waals surface area (Å²) in [5.74, 6) is 1.47. The Hall–Kier alpha value is -1.52. The molecule has 0 heterocycles. The minimum atomic E-state index is 0.469. The highest BCUT2D eigenvalue weighted by atomic mass is 16.5. The van der Waals surface area contributed by atoms with Crippen LogP contribution in [0.4, 0.5) is 0 Å². The highest BCUT2D eigenvalue weighted by Gasteiger charge is 2.05. The second kappa shape index (κ2) is 8.55. The SMILES string of the molecule is C=CCOc1cc(CNCCOC)ccc1OC. The average molecular weight is 251 g/mol. The van der Waals surface area contributed by atoms with E-state index in [-0.39, 0.29) is 0 Å². The molecule has 0 bridgehead atoms. The van der Waals surface area contributed by atoms with Crippen molar-refractivity contribution in [1.29, 1.82) is 0 Å². The van der Waals surface area contributed by atoms with Crippen LogP contribution in [0.5, 0.6) is 11.5 Å². The van der Waals surface area contributed by atoms with Crippen LogP contribution in [0.2, 0.25) is 0 Å². The summed E-state index contributed by atoms with van der Waals surface area (Å²) in [6.45, 7) is 6.41. The molecule has 1 aromatic rings. The largest absolute Gasteiger partial charge is 0.493 e. The molecule has 0 unspecified atom stereocenters. The fourth-order valence-corrected chi connectivity index (χ4v) is 1.50. The van der Waals surface area contributed by atoms with Crippen LogP contribution < -0.4 is 14.8 Å². The summed E-state index contributed by atoms with van der Waals surface area (Å²) in [5, 5.41) is 3.28. The molecule has 0 saturated carbocycles. The molecule has 18 heavy (non-hydrogen) atoms. The number of benzene rings is 1. The number of ether oxygens (including phenoxy) is 3. The van der Waals surface area contributed by atoms with Gasteiger partial charge in [0.25, 0.3) is 0 Å². The van der Waals surface area contributed by atoms with Crippen LogP contribution in [0.1, 0.15) is 5.56 Å². The number of nitrogens with one attached hydrogen (secondary N) is 1. The van der Waals surface area contributed by atoms with Gasteiger partial charge in [0.1, 0.15) is 6.61 Å². The lowest BCUT2D eigenvalue weighted by Crippen LogP contribution is -2.18. The first-order valence-corrected chi connectivity index (χ1v) is 5.92. The van der Waals surface area contributed by atoms with Crippen LogP contribution in [0.15, 0.2) is 30.9 Å². The van der Waals surface area contributed by atoms with Gasteiger partial charge in [0.15, 0.2) is 11.5 Å². The normalized spacial score (nSPS) is 10.1. The Morgan fingerprint density at radius 2 is 2.11 bits per heavy atom. The summed E-state index contributed by atoms with van der Waals surface area (Å²) >= 11 is 0. The van der Waals surface area contributed by atoms with E-state index in [4.69, 9.17) is 14.2 Å². The third-order valence-corrected chi connectivity index (χ3v) is 2.40. The second-order valence-electron chi connectivity index (χ2n) is 3.75. The Kier molecular flexibility index (Phi) is 6.91. The van der Waals surface area contributed by atoms with Crippen molar-refractivity contribution in [3.8, 4) is 11.5 Å². The number of hydrogen-bond donors (Lipinski definition) is 1. The first kappa shape index (κ1) is 14.5. The van der Waals surface area contributed by atoms with Gasteiger partial charge in [-0.2, -0.15) is 0 Å². The third kappa shape index (κ3) is 4.77. The molecule has 4 heteroatoms. The molecule has 100 valence electrons. The average Bonchev–Trinajstić information content (AvgIpc) is 2.41. The topological polar surface area (TPSA) is 39.7 Å². The van der Waals surface area contributed by atoms with Crippen molar-refractivity contribution >= 4 is 0 Å². The molecule has 0 fully saturated rings. The Morgan fingerprint density at radius 3 is 2.78 bits per heavy atom. The lowest BCUT2D eigenvalue weighted by molar-refractivity contribution is 0.199. The maximum Gasteiger partial charge on any atom is 0.161 e. The van der Waals surface area contributed by atoms with Crippen LogP contribution in [-0.2, 0) is 11.3 Å².